The normalized spacial score (nSPS) is 38.5. The molecule has 3 aliphatic heterocycles. The first-order valence-electron chi connectivity index (χ1n) is 13.0. The first-order chi connectivity index (χ1) is 17.7. The summed E-state index contributed by atoms with van der Waals surface area (Å²) in [6, 6.07) is 11.0. The molecule has 0 aromatic heterocycles. The third kappa shape index (κ3) is 3.37. The van der Waals surface area contributed by atoms with Crippen molar-refractivity contribution < 1.29 is 19.1 Å². The fourth-order valence-electron chi connectivity index (χ4n) is 7.08. The van der Waals surface area contributed by atoms with Crippen molar-refractivity contribution in [2.45, 2.75) is 53.7 Å². The van der Waals surface area contributed by atoms with Crippen molar-refractivity contribution in [3.63, 3.8) is 0 Å². The Hall–Kier alpha value is -2.43. The lowest BCUT2D eigenvalue weighted by Crippen LogP contribution is -2.64. The number of methoxy groups -OCH3 is 1. The van der Waals surface area contributed by atoms with Gasteiger partial charge in [0.05, 0.1) is 17.8 Å². The van der Waals surface area contributed by atoms with Crippen molar-refractivity contribution in [3.8, 4) is 0 Å². The predicted molar refractivity (Wildman–Crippen MR) is 141 cm³/mol. The number of β-lactam (4-membered cyclic amide) rings is 1. The Morgan fingerprint density at radius 3 is 2.51 bits per heavy atom. The summed E-state index contributed by atoms with van der Waals surface area (Å²) in [4.78, 5) is 23.2. The van der Waals surface area contributed by atoms with Crippen LogP contribution < -0.4 is 5.73 Å². The molecular formula is C28H32N3O5S-. The number of primary amides is 1. The van der Waals surface area contributed by atoms with Gasteiger partial charge in [-0.1, -0.05) is 54.6 Å². The van der Waals surface area contributed by atoms with E-state index in [-0.39, 0.29) is 52.0 Å². The number of hydrogen-bond acceptors (Lipinski definition) is 6. The highest BCUT2D eigenvalue weighted by atomic mass is 32.2. The maximum Gasteiger partial charge on any atom is 0.259 e. The highest BCUT2D eigenvalue weighted by Crippen LogP contribution is 2.99. The van der Waals surface area contributed by atoms with Crippen molar-refractivity contribution in [1.29, 1.82) is 0 Å². The number of allylic oxidation sites excluding steroid dienone is 4. The van der Waals surface area contributed by atoms with Crippen molar-refractivity contribution >= 4 is 23.6 Å². The fraction of sp³-hybridized carbons (Fsp3) is 0.500. The van der Waals surface area contributed by atoms with Crippen LogP contribution in [0.3, 0.4) is 0 Å². The van der Waals surface area contributed by atoms with Crippen LogP contribution in [0.4, 0.5) is 0 Å². The molecule has 0 radical (unpaired) electrons. The van der Waals surface area contributed by atoms with Crippen LogP contribution in [0.1, 0.15) is 37.7 Å². The molecule has 5 atom stereocenters. The summed E-state index contributed by atoms with van der Waals surface area (Å²) >= 11 is 1.95. The topological polar surface area (TPSA) is 119 Å². The molecule has 196 valence electrons. The van der Waals surface area contributed by atoms with Gasteiger partial charge in [-0.2, -0.15) is 0 Å². The molecule has 1 spiro atoms. The zero-order valence-electron chi connectivity index (χ0n) is 20.9. The Morgan fingerprint density at radius 1 is 1.16 bits per heavy atom. The van der Waals surface area contributed by atoms with Crippen LogP contribution in [0.15, 0.2) is 66.4 Å². The van der Waals surface area contributed by atoms with Gasteiger partial charge < -0.3 is 30.6 Å². The molecule has 1 aromatic rings. The summed E-state index contributed by atoms with van der Waals surface area (Å²) in [5.74, 6) is -0.570. The number of fused-ring (bicyclic) bond motifs is 4. The lowest BCUT2D eigenvalue weighted by molar-refractivity contribution is -0.836. The van der Waals surface area contributed by atoms with Crippen LogP contribution in [-0.4, -0.2) is 57.9 Å². The number of carbonyl (C=O) groups is 2. The minimum atomic E-state index is -1.47. The monoisotopic (exact) mass is 522 g/mol. The van der Waals surface area contributed by atoms with Gasteiger partial charge in [0, 0.05) is 42.9 Å². The van der Waals surface area contributed by atoms with Gasteiger partial charge in [0.2, 0.25) is 5.91 Å². The van der Waals surface area contributed by atoms with Gasteiger partial charge in [-0.3, -0.25) is 9.59 Å². The molecule has 2 saturated carbocycles. The molecule has 9 heteroatoms. The number of quaternary nitrogens is 1. The number of benzene rings is 1. The molecule has 8 nitrogen and oxygen atoms in total. The molecule has 2 saturated heterocycles. The van der Waals surface area contributed by atoms with E-state index >= 15 is 0 Å². The van der Waals surface area contributed by atoms with E-state index in [0.717, 1.165) is 12.8 Å². The first-order valence-corrected chi connectivity index (χ1v) is 13.8. The van der Waals surface area contributed by atoms with Gasteiger partial charge in [0.1, 0.15) is 5.37 Å². The quantitative estimate of drug-likeness (QED) is 0.367. The Morgan fingerprint density at radius 2 is 1.89 bits per heavy atom. The van der Waals surface area contributed by atoms with Gasteiger partial charge in [0.15, 0.2) is 6.10 Å². The van der Waals surface area contributed by atoms with Crippen LogP contribution in [0.2, 0.25) is 0 Å². The molecule has 3 heterocycles. The van der Waals surface area contributed by atoms with E-state index in [1.54, 1.807) is 7.11 Å². The van der Waals surface area contributed by atoms with Crippen LogP contribution in [0.5, 0.6) is 0 Å². The van der Waals surface area contributed by atoms with E-state index in [1.807, 2.05) is 22.9 Å². The summed E-state index contributed by atoms with van der Waals surface area (Å²) in [5.41, 5.74) is 8.29. The molecular weight excluding hydrogens is 490 g/mol. The molecule has 6 aliphatic rings. The van der Waals surface area contributed by atoms with E-state index in [9.17, 15) is 20.0 Å². The van der Waals surface area contributed by atoms with Crippen molar-refractivity contribution in [2.75, 3.05) is 20.2 Å². The molecule has 1 aromatic carbocycles. The van der Waals surface area contributed by atoms with Gasteiger partial charge in [-0.05, 0) is 30.4 Å². The number of hydroxylamine groups is 4. The summed E-state index contributed by atoms with van der Waals surface area (Å²) in [6.07, 6.45) is 15.3. The second-order valence-corrected chi connectivity index (χ2v) is 12.3. The zero-order chi connectivity index (χ0) is 26.1. The molecule has 0 bridgehead atoms. The number of thioether (sulfide) groups is 1. The number of hydrogen-bond donors (Lipinski definition) is 1. The van der Waals surface area contributed by atoms with E-state index in [0.29, 0.717) is 12.8 Å². The van der Waals surface area contributed by atoms with Crippen molar-refractivity contribution in [2.24, 2.45) is 17.1 Å². The Balaban J connectivity index is 0.000000194. The number of amides is 2. The fourth-order valence-corrected chi connectivity index (χ4v) is 9.32. The maximum absolute atomic E-state index is 12.2. The third-order valence-corrected chi connectivity index (χ3v) is 11.1. The van der Waals surface area contributed by atoms with E-state index in [2.05, 4.69) is 54.6 Å². The number of rotatable bonds is 4. The standard InChI is InChI=1S/C22H21NO2S.C6H11N2O3/c1-25-17-18(24)23-13-12-22(26-19(17)23)20(15-8-4-2-5-9-15)14-21(20,22)16-10-6-3-7-11-16;7-6(9)5-1-3-8(10,11)4-2-5/h2,4-6,8-13,17,19H,3,7,14H2,1H3;5H,1-4H2,(H2,7,9)/q;-1/t17-,19-,20?,21?,22?;/m0./s1. The number of piperidine rings is 1. The molecule has 3 aliphatic carbocycles. The smallest absolute Gasteiger partial charge is 0.259 e. The summed E-state index contributed by atoms with van der Waals surface area (Å²) < 4.78 is 5.53. The average Bonchev–Trinajstić information content (AvgIpc) is 3.75. The molecule has 37 heavy (non-hydrogen) atoms. The van der Waals surface area contributed by atoms with E-state index < -0.39 is 10.7 Å². The van der Waals surface area contributed by atoms with Crippen molar-refractivity contribution in [3.05, 3.63) is 82.4 Å². The van der Waals surface area contributed by atoms with Crippen LogP contribution >= 0.6 is 11.8 Å². The zero-order valence-corrected chi connectivity index (χ0v) is 21.7. The number of ether oxygens (including phenoxy) is 1. The van der Waals surface area contributed by atoms with Gasteiger partial charge >= 0.3 is 0 Å². The molecule has 2 amide bonds. The Kier molecular flexibility index (Phi) is 5.74. The van der Waals surface area contributed by atoms with E-state index in [4.69, 9.17) is 10.5 Å². The van der Waals surface area contributed by atoms with Gasteiger partial charge in [-0.15, -0.1) is 11.8 Å². The highest BCUT2D eigenvalue weighted by molar-refractivity contribution is 8.02. The van der Waals surface area contributed by atoms with Crippen LogP contribution in [0, 0.1) is 21.7 Å². The Bertz CT molecular complexity index is 1210. The molecule has 2 N–H and O–H groups in total. The first kappa shape index (κ1) is 24.9. The summed E-state index contributed by atoms with van der Waals surface area (Å²) in [5, 5.41) is 21.5. The number of nitrogens with two attached hydrogens (primary N) is 1. The molecule has 4 fully saturated rings. The predicted octanol–water partition coefficient (Wildman–Crippen LogP) is 3.48. The summed E-state index contributed by atoms with van der Waals surface area (Å²) in [6.45, 7) is -0.0682. The third-order valence-electron chi connectivity index (χ3n) is 9.19. The molecule has 7 rings (SSSR count). The van der Waals surface area contributed by atoms with Crippen LogP contribution in [0.25, 0.3) is 0 Å². The number of nitrogens with zero attached hydrogens (tertiary/aromatic N) is 2. The highest BCUT2D eigenvalue weighted by Gasteiger charge is 3.01. The second-order valence-electron chi connectivity index (χ2n) is 10.9. The summed E-state index contributed by atoms with van der Waals surface area (Å²) in [7, 11) is 1.65. The van der Waals surface area contributed by atoms with Gasteiger partial charge in [0.25, 0.3) is 5.91 Å². The lowest BCUT2D eigenvalue weighted by atomic mass is 9.90. The lowest BCUT2D eigenvalue weighted by Gasteiger charge is -2.50. The Labute approximate surface area is 220 Å². The van der Waals surface area contributed by atoms with Crippen LogP contribution in [-0.2, 0) is 19.7 Å². The minimum absolute atomic E-state index is 0.0341. The SMILES string of the molecule is CO[C@H]1C(=O)N2C=CC3(S[C@@H]12)C1(C2=CCCC=C2)CC31c1ccccc1.NC(=O)C1CC[N+]([O-])([O-])CC1. The number of carbonyl (C=O) groups excluding carboxylic acids is 2. The largest absolute Gasteiger partial charge is 0.632 e. The maximum atomic E-state index is 12.2. The second kappa shape index (κ2) is 8.54. The van der Waals surface area contributed by atoms with E-state index in [1.165, 1.54) is 17.6 Å². The minimum Gasteiger partial charge on any atom is -0.632 e. The molecule has 3 unspecified atom stereocenters. The average molecular weight is 523 g/mol. The van der Waals surface area contributed by atoms with Crippen molar-refractivity contribution in [1.82, 2.24) is 4.90 Å². The van der Waals surface area contributed by atoms with Gasteiger partial charge in [-0.25, -0.2) is 0 Å².